The Morgan fingerprint density at radius 1 is 1.27 bits per heavy atom. The SMILES string of the molecule is CCOC(=O)NC1CCC(OC(=O)c2cccc(-n3cnnn3)c2)CC1. The molecule has 1 amide bonds. The molecule has 138 valence electrons. The Bertz CT molecular complexity index is 741. The van der Waals surface area contributed by atoms with Crippen LogP contribution in [0.4, 0.5) is 4.79 Å². The van der Waals surface area contributed by atoms with Gasteiger partial charge in [-0.05, 0) is 61.2 Å². The van der Waals surface area contributed by atoms with Crippen molar-refractivity contribution in [3.05, 3.63) is 36.2 Å². The molecule has 3 rings (SSSR count). The van der Waals surface area contributed by atoms with E-state index < -0.39 is 6.09 Å². The quantitative estimate of drug-likeness (QED) is 0.812. The molecule has 0 aliphatic heterocycles. The summed E-state index contributed by atoms with van der Waals surface area (Å²) < 4.78 is 12.0. The van der Waals surface area contributed by atoms with E-state index in [-0.39, 0.29) is 18.1 Å². The highest BCUT2D eigenvalue weighted by atomic mass is 16.5. The minimum absolute atomic E-state index is 0.0622. The number of hydrogen-bond acceptors (Lipinski definition) is 7. The number of benzene rings is 1. The van der Waals surface area contributed by atoms with Gasteiger partial charge in [0.2, 0.25) is 0 Å². The van der Waals surface area contributed by atoms with Gasteiger partial charge in [0.15, 0.2) is 0 Å². The van der Waals surface area contributed by atoms with Crippen LogP contribution in [0, 0.1) is 0 Å². The van der Waals surface area contributed by atoms with Crippen LogP contribution in [-0.2, 0) is 9.47 Å². The van der Waals surface area contributed by atoms with E-state index in [9.17, 15) is 9.59 Å². The summed E-state index contributed by atoms with van der Waals surface area (Å²) in [5.41, 5.74) is 1.14. The molecule has 1 fully saturated rings. The van der Waals surface area contributed by atoms with Crippen LogP contribution < -0.4 is 5.32 Å². The van der Waals surface area contributed by atoms with Gasteiger partial charge in [0.05, 0.1) is 17.9 Å². The van der Waals surface area contributed by atoms with Gasteiger partial charge in [-0.2, -0.15) is 0 Å². The van der Waals surface area contributed by atoms with Crippen LogP contribution in [0.1, 0.15) is 43.0 Å². The van der Waals surface area contributed by atoms with E-state index in [1.54, 1.807) is 31.2 Å². The number of aromatic nitrogens is 4. The minimum Gasteiger partial charge on any atom is -0.459 e. The number of carbonyl (C=O) groups excluding carboxylic acids is 2. The van der Waals surface area contributed by atoms with Gasteiger partial charge in [0, 0.05) is 6.04 Å². The van der Waals surface area contributed by atoms with Crippen molar-refractivity contribution < 1.29 is 19.1 Å². The van der Waals surface area contributed by atoms with E-state index in [0.29, 0.717) is 30.7 Å². The second kappa shape index (κ2) is 8.41. The molecule has 1 aromatic carbocycles. The van der Waals surface area contributed by atoms with Crippen LogP contribution in [-0.4, -0.2) is 51.0 Å². The molecule has 1 N–H and O–H groups in total. The first-order chi connectivity index (χ1) is 12.7. The highest BCUT2D eigenvalue weighted by molar-refractivity contribution is 5.90. The first-order valence-electron chi connectivity index (χ1n) is 8.63. The number of ether oxygens (including phenoxy) is 2. The smallest absolute Gasteiger partial charge is 0.407 e. The summed E-state index contributed by atoms with van der Waals surface area (Å²) in [7, 11) is 0. The van der Waals surface area contributed by atoms with E-state index >= 15 is 0 Å². The Morgan fingerprint density at radius 2 is 2.08 bits per heavy atom. The Hall–Kier alpha value is -2.97. The first-order valence-corrected chi connectivity index (χ1v) is 8.63. The van der Waals surface area contributed by atoms with Crippen LogP contribution in [0.2, 0.25) is 0 Å². The molecule has 1 saturated carbocycles. The lowest BCUT2D eigenvalue weighted by Gasteiger charge is -2.28. The Kier molecular flexibility index (Phi) is 5.77. The zero-order valence-electron chi connectivity index (χ0n) is 14.5. The van der Waals surface area contributed by atoms with Crippen LogP contribution in [0.15, 0.2) is 30.6 Å². The number of amides is 1. The molecule has 9 heteroatoms. The fourth-order valence-corrected chi connectivity index (χ4v) is 2.94. The van der Waals surface area contributed by atoms with Gasteiger partial charge in [-0.15, -0.1) is 5.10 Å². The maximum atomic E-state index is 12.4. The van der Waals surface area contributed by atoms with Crippen molar-refractivity contribution in [2.45, 2.75) is 44.8 Å². The Labute approximate surface area is 150 Å². The summed E-state index contributed by atoms with van der Waals surface area (Å²) in [5.74, 6) is -0.373. The summed E-state index contributed by atoms with van der Waals surface area (Å²) in [6.45, 7) is 2.12. The average Bonchev–Trinajstić information content (AvgIpc) is 3.18. The third-order valence-electron chi connectivity index (χ3n) is 4.24. The maximum Gasteiger partial charge on any atom is 0.407 e. The van der Waals surface area contributed by atoms with Crippen molar-refractivity contribution in [3.8, 4) is 5.69 Å². The zero-order valence-corrected chi connectivity index (χ0v) is 14.5. The number of rotatable bonds is 5. The Morgan fingerprint density at radius 3 is 2.77 bits per heavy atom. The predicted octanol–water partition coefficient (Wildman–Crippen LogP) is 1.88. The molecule has 1 aliphatic rings. The van der Waals surface area contributed by atoms with E-state index in [0.717, 1.165) is 12.8 Å². The summed E-state index contributed by atoms with van der Waals surface area (Å²) in [5, 5.41) is 13.8. The van der Waals surface area contributed by atoms with Gasteiger partial charge in [-0.1, -0.05) is 6.07 Å². The summed E-state index contributed by atoms with van der Waals surface area (Å²) in [6, 6.07) is 7.01. The monoisotopic (exact) mass is 359 g/mol. The van der Waals surface area contributed by atoms with Crippen molar-refractivity contribution in [3.63, 3.8) is 0 Å². The summed E-state index contributed by atoms with van der Waals surface area (Å²) in [4.78, 5) is 23.9. The van der Waals surface area contributed by atoms with Gasteiger partial charge in [-0.25, -0.2) is 14.3 Å². The highest BCUT2D eigenvalue weighted by Gasteiger charge is 2.25. The number of esters is 1. The minimum atomic E-state index is -0.396. The second-order valence-electron chi connectivity index (χ2n) is 6.05. The van der Waals surface area contributed by atoms with Crippen LogP contribution in [0.5, 0.6) is 0 Å². The Balaban J connectivity index is 1.52. The molecule has 9 nitrogen and oxygen atoms in total. The molecule has 0 spiro atoms. The van der Waals surface area contributed by atoms with E-state index in [4.69, 9.17) is 9.47 Å². The molecular formula is C17H21N5O4. The number of hydrogen-bond donors (Lipinski definition) is 1. The molecule has 1 heterocycles. The van der Waals surface area contributed by atoms with Crippen molar-refractivity contribution in [1.29, 1.82) is 0 Å². The highest BCUT2D eigenvalue weighted by Crippen LogP contribution is 2.23. The topological polar surface area (TPSA) is 108 Å². The molecule has 0 atom stereocenters. The van der Waals surface area contributed by atoms with Crippen LogP contribution >= 0.6 is 0 Å². The van der Waals surface area contributed by atoms with E-state index in [1.165, 1.54) is 11.0 Å². The lowest BCUT2D eigenvalue weighted by Crippen LogP contribution is -2.39. The first kappa shape index (κ1) is 17.8. The standard InChI is InChI=1S/C17H21N5O4/c1-2-25-17(24)19-13-6-8-15(9-7-13)26-16(23)12-4-3-5-14(10-12)22-11-18-20-21-22/h3-5,10-11,13,15H,2,6-9H2,1H3,(H,19,24). The lowest BCUT2D eigenvalue weighted by atomic mass is 9.93. The van der Waals surface area contributed by atoms with Crippen molar-refractivity contribution in [2.24, 2.45) is 0 Å². The third-order valence-corrected chi connectivity index (χ3v) is 4.24. The van der Waals surface area contributed by atoms with Gasteiger partial charge in [-0.3, -0.25) is 0 Å². The molecule has 2 aromatic rings. The van der Waals surface area contributed by atoms with Crippen LogP contribution in [0.25, 0.3) is 5.69 Å². The molecule has 0 unspecified atom stereocenters. The fourth-order valence-electron chi connectivity index (χ4n) is 2.94. The number of nitrogens with one attached hydrogen (secondary N) is 1. The third kappa shape index (κ3) is 4.56. The molecule has 1 aliphatic carbocycles. The number of alkyl carbamates (subject to hydrolysis) is 1. The molecule has 1 aromatic heterocycles. The second-order valence-corrected chi connectivity index (χ2v) is 6.05. The molecule has 0 radical (unpaired) electrons. The molecular weight excluding hydrogens is 338 g/mol. The van der Waals surface area contributed by atoms with Crippen molar-refractivity contribution in [1.82, 2.24) is 25.5 Å². The average molecular weight is 359 g/mol. The maximum absolute atomic E-state index is 12.4. The molecule has 0 saturated heterocycles. The lowest BCUT2D eigenvalue weighted by molar-refractivity contribution is 0.0183. The number of nitrogens with zero attached hydrogens (tertiary/aromatic N) is 4. The summed E-state index contributed by atoms with van der Waals surface area (Å²) >= 11 is 0. The summed E-state index contributed by atoms with van der Waals surface area (Å²) in [6.07, 6.45) is 3.82. The van der Waals surface area contributed by atoms with Crippen molar-refractivity contribution >= 4 is 12.1 Å². The van der Waals surface area contributed by atoms with E-state index in [1.807, 2.05) is 0 Å². The van der Waals surface area contributed by atoms with Crippen LogP contribution in [0.3, 0.4) is 0 Å². The van der Waals surface area contributed by atoms with E-state index in [2.05, 4.69) is 20.8 Å². The largest absolute Gasteiger partial charge is 0.459 e. The van der Waals surface area contributed by atoms with Gasteiger partial charge in [0.1, 0.15) is 12.4 Å². The zero-order chi connectivity index (χ0) is 18.4. The molecule has 26 heavy (non-hydrogen) atoms. The van der Waals surface area contributed by atoms with Gasteiger partial charge in [0.25, 0.3) is 0 Å². The number of carbonyl (C=O) groups is 2. The van der Waals surface area contributed by atoms with Gasteiger partial charge < -0.3 is 14.8 Å². The normalized spacial score (nSPS) is 19.6. The predicted molar refractivity (Wildman–Crippen MR) is 90.8 cm³/mol. The fraction of sp³-hybridized carbons (Fsp3) is 0.471. The number of tetrazole rings is 1. The van der Waals surface area contributed by atoms with Gasteiger partial charge >= 0.3 is 12.1 Å². The molecule has 0 bridgehead atoms. The van der Waals surface area contributed by atoms with Crippen molar-refractivity contribution in [2.75, 3.05) is 6.61 Å².